The van der Waals surface area contributed by atoms with Gasteiger partial charge in [-0.1, -0.05) is 101 Å². The fourth-order valence-corrected chi connectivity index (χ4v) is 9.06. The van der Waals surface area contributed by atoms with Gasteiger partial charge in [-0.25, -0.2) is 0 Å². The number of ether oxygens (including phenoxy) is 1. The Balaban J connectivity index is 0.00000304. The molecule has 0 aromatic heterocycles. The van der Waals surface area contributed by atoms with Gasteiger partial charge < -0.3 is 21.7 Å². The van der Waals surface area contributed by atoms with Crippen molar-refractivity contribution in [1.29, 1.82) is 0 Å². The van der Waals surface area contributed by atoms with Crippen molar-refractivity contribution in [3.8, 4) is 5.75 Å². The molecule has 0 saturated heterocycles. The van der Waals surface area contributed by atoms with Gasteiger partial charge in [-0.15, -0.1) is 0 Å². The summed E-state index contributed by atoms with van der Waals surface area (Å²) in [5.74, 6) is 0.947. The molecule has 5 rings (SSSR count). The second kappa shape index (κ2) is 12.5. The molecular formula is C32H27Br2OP. The molecular weight excluding hydrogens is 591 g/mol. The van der Waals surface area contributed by atoms with Crippen LogP contribution >= 0.6 is 23.2 Å². The summed E-state index contributed by atoms with van der Waals surface area (Å²) in [5, 5.41) is 4.13. The van der Waals surface area contributed by atoms with E-state index in [0.29, 0.717) is 6.61 Å². The molecule has 0 spiro atoms. The fourth-order valence-electron chi connectivity index (χ4n) is 4.54. The summed E-state index contributed by atoms with van der Waals surface area (Å²) in [7, 11) is -1.99. The Bertz CT molecular complexity index is 1260. The van der Waals surface area contributed by atoms with Gasteiger partial charge in [0.2, 0.25) is 0 Å². The molecule has 0 amide bonds. The van der Waals surface area contributed by atoms with E-state index in [1.54, 1.807) is 0 Å². The van der Waals surface area contributed by atoms with Crippen LogP contribution < -0.4 is 37.6 Å². The third kappa shape index (κ3) is 5.81. The van der Waals surface area contributed by atoms with E-state index in [1.807, 2.05) is 0 Å². The van der Waals surface area contributed by atoms with E-state index in [4.69, 9.17) is 4.74 Å². The summed E-state index contributed by atoms with van der Waals surface area (Å²) in [5.41, 5.74) is 2.38. The number of hydrogen-bond donors (Lipinski definition) is 0. The summed E-state index contributed by atoms with van der Waals surface area (Å²) < 4.78 is 7.49. The van der Waals surface area contributed by atoms with Crippen molar-refractivity contribution in [2.45, 2.75) is 12.8 Å². The minimum atomic E-state index is -1.99. The first-order valence-corrected chi connectivity index (χ1v) is 14.5. The van der Waals surface area contributed by atoms with Crippen molar-refractivity contribution in [3.63, 3.8) is 0 Å². The summed E-state index contributed by atoms with van der Waals surface area (Å²) in [6.07, 6.45) is 0.890. The molecule has 0 fully saturated rings. The largest absolute Gasteiger partial charge is 1.00 e. The highest BCUT2D eigenvalue weighted by molar-refractivity contribution is 9.10. The van der Waals surface area contributed by atoms with Crippen LogP contribution in [-0.4, -0.2) is 0 Å². The molecule has 0 aliphatic carbocycles. The van der Waals surface area contributed by atoms with Gasteiger partial charge in [0, 0.05) is 10.0 Å². The number of halogens is 2. The van der Waals surface area contributed by atoms with Crippen LogP contribution in [0.5, 0.6) is 5.75 Å². The SMILES string of the molecule is Brc1ccc(COc2ccccc2C[P+](c2ccccc2)(c2ccccc2)c2ccccc2)cc1.[Br-]. The van der Waals surface area contributed by atoms with Crippen LogP contribution in [0.4, 0.5) is 0 Å². The van der Waals surface area contributed by atoms with Gasteiger partial charge in [0.15, 0.2) is 0 Å². The molecule has 0 saturated carbocycles. The summed E-state index contributed by atoms with van der Waals surface area (Å²) in [6.45, 7) is 0.539. The number of rotatable bonds is 8. The lowest BCUT2D eigenvalue weighted by molar-refractivity contribution is -0.00000699. The Kier molecular flexibility index (Phi) is 9.15. The smallest absolute Gasteiger partial charge is 0.126 e. The maximum Gasteiger partial charge on any atom is 0.126 e. The number of para-hydroxylation sites is 1. The van der Waals surface area contributed by atoms with E-state index in [1.165, 1.54) is 21.5 Å². The summed E-state index contributed by atoms with van der Waals surface area (Å²) >= 11 is 3.52. The van der Waals surface area contributed by atoms with Crippen LogP contribution in [0.3, 0.4) is 0 Å². The van der Waals surface area contributed by atoms with Gasteiger partial charge in [-0.05, 0) is 60.2 Å². The van der Waals surface area contributed by atoms with Gasteiger partial charge in [0.1, 0.15) is 41.7 Å². The normalized spacial score (nSPS) is 10.9. The summed E-state index contributed by atoms with van der Waals surface area (Å²) in [4.78, 5) is 0. The Hall–Kier alpha value is -2.71. The second-order valence-electron chi connectivity index (χ2n) is 8.50. The lowest BCUT2D eigenvalue weighted by Gasteiger charge is -2.28. The Morgan fingerprint density at radius 3 is 1.47 bits per heavy atom. The van der Waals surface area contributed by atoms with Gasteiger partial charge in [-0.3, -0.25) is 0 Å². The molecule has 0 radical (unpaired) electrons. The van der Waals surface area contributed by atoms with Crippen LogP contribution in [0, 0.1) is 0 Å². The quantitative estimate of drug-likeness (QED) is 0.233. The summed E-state index contributed by atoms with van der Waals surface area (Å²) in [6, 6.07) is 49.8. The molecule has 0 aliphatic heterocycles. The molecule has 0 N–H and O–H groups in total. The Labute approximate surface area is 233 Å². The van der Waals surface area contributed by atoms with E-state index < -0.39 is 7.26 Å². The van der Waals surface area contributed by atoms with Crippen LogP contribution in [0.25, 0.3) is 0 Å². The zero-order chi connectivity index (χ0) is 23.9. The average molecular weight is 618 g/mol. The fraction of sp³-hybridized carbons (Fsp3) is 0.0625. The van der Waals surface area contributed by atoms with Gasteiger partial charge in [-0.2, -0.15) is 0 Å². The van der Waals surface area contributed by atoms with E-state index in [2.05, 4.69) is 155 Å². The molecule has 0 aliphatic rings. The number of hydrogen-bond acceptors (Lipinski definition) is 1. The van der Waals surface area contributed by atoms with Gasteiger partial charge >= 0.3 is 0 Å². The van der Waals surface area contributed by atoms with E-state index in [-0.39, 0.29) is 17.0 Å². The minimum Gasteiger partial charge on any atom is -1.00 e. The molecule has 0 bridgehead atoms. The molecule has 0 unspecified atom stereocenters. The Morgan fingerprint density at radius 1 is 0.528 bits per heavy atom. The minimum absolute atomic E-state index is 0. The Morgan fingerprint density at radius 2 is 0.972 bits per heavy atom. The number of benzene rings is 5. The van der Waals surface area contributed by atoms with E-state index >= 15 is 0 Å². The van der Waals surface area contributed by atoms with Gasteiger partial charge in [0.05, 0.1) is 0 Å². The molecule has 0 heterocycles. The molecule has 4 heteroatoms. The topological polar surface area (TPSA) is 9.23 Å². The first-order valence-electron chi connectivity index (χ1n) is 11.8. The standard InChI is InChI=1S/C32H27BrOP.BrH/c33-28-22-20-26(21-23-28)24-34-32-19-11-10-12-27(32)25-35(29-13-4-1-5-14-29,30-15-6-2-7-16-30)31-17-8-3-9-18-31;/h1-23H,24-25H2;1H/q+1;/p-1. The predicted molar refractivity (Wildman–Crippen MR) is 154 cm³/mol. The highest BCUT2D eigenvalue weighted by atomic mass is 79.9. The van der Waals surface area contributed by atoms with Crippen LogP contribution in [-0.2, 0) is 12.8 Å². The van der Waals surface area contributed by atoms with E-state index in [9.17, 15) is 0 Å². The second-order valence-corrected chi connectivity index (χ2v) is 12.9. The lowest BCUT2D eigenvalue weighted by Crippen LogP contribution is -3.00. The molecule has 0 atom stereocenters. The molecule has 36 heavy (non-hydrogen) atoms. The van der Waals surface area contributed by atoms with Crippen LogP contribution in [0.1, 0.15) is 11.1 Å². The maximum atomic E-state index is 6.42. The van der Waals surface area contributed by atoms with E-state index in [0.717, 1.165) is 21.9 Å². The lowest BCUT2D eigenvalue weighted by atomic mass is 10.2. The van der Waals surface area contributed by atoms with Crippen molar-refractivity contribution >= 4 is 39.1 Å². The molecule has 1 nitrogen and oxygen atoms in total. The van der Waals surface area contributed by atoms with Gasteiger partial charge in [0.25, 0.3) is 0 Å². The molecule has 5 aromatic carbocycles. The zero-order valence-electron chi connectivity index (χ0n) is 19.8. The van der Waals surface area contributed by atoms with Crippen LogP contribution in [0.15, 0.2) is 144 Å². The third-order valence-corrected chi connectivity index (χ3v) is 11.2. The first-order chi connectivity index (χ1) is 17.3. The van der Waals surface area contributed by atoms with Crippen LogP contribution in [0.2, 0.25) is 0 Å². The van der Waals surface area contributed by atoms with Crippen molar-refractivity contribution in [1.82, 2.24) is 0 Å². The molecule has 5 aromatic rings. The molecule has 180 valence electrons. The van der Waals surface area contributed by atoms with Crippen molar-refractivity contribution in [3.05, 3.63) is 155 Å². The highest BCUT2D eigenvalue weighted by Crippen LogP contribution is 2.59. The zero-order valence-corrected chi connectivity index (χ0v) is 23.9. The van der Waals surface area contributed by atoms with Crippen molar-refractivity contribution in [2.75, 3.05) is 0 Å². The van der Waals surface area contributed by atoms with Crippen molar-refractivity contribution in [2.24, 2.45) is 0 Å². The third-order valence-electron chi connectivity index (χ3n) is 6.28. The highest BCUT2D eigenvalue weighted by Gasteiger charge is 2.45. The van der Waals surface area contributed by atoms with Crippen molar-refractivity contribution < 1.29 is 21.7 Å². The monoisotopic (exact) mass is 616 g/mol. The maximum absolute atomic E-state index is 6.42. The predicted octanol–water partition coefficient (Wildman–Crippen LogP) is 4.53. The first kappa shape index (κ1) is 26.4. The average Bonchev–Trinajstić information content (AvgIpc) is 2.93.